The largest absolute Gasteiger partial charge is 0.419 e. The zero-order valence-corrected chi connectivity index (χ0v) is 60.4. The van der Waals surface area contributed by atoms with Gasteiger partial charge < -0.3 is 0 Å². The Morgan fingerprint density at radius 2 is 0.640 bits per heavy atom. The molecule has 0 aliphatic carbocycles. The van der Waals surface area contributed by atoms with Gasteiger partial charge in [0.25, 0.3) is 0 Å². The topological polar surface area (TPSA) is 0 Å². The van der Waals surface area contributed by atoms with Crippen molar-refractivity contribution in [1.82, 2.24) is 0 Å². The molecule has 8 rings (SSSR count). The van der Waals surface area contributed by atoms with Crippen LogP contribution >= 0.6 is 175 Å². The molecule has 0 atom stereocenters. The second-order valence-corrected chi connectivity index (χ2v) is 25.6. The fourth-order valence-corrected chi connectivity index (χ4v) is 11.0. The molecule has 0 aliphatic heterocycles. The van der Waals surface area contributed by atoms with E-state index in [0.717, 1.165) is 66.1 Å². The maximum Gasteiger partial charge on any atom is 0.419 e. The molecule has 0 radical (unpaired) electrons. The molecule has 89 heavy (non-hydrogen) atoms. The van der Waals surface area contributed by atoms with Crippen molar-refractivity contribution in [2.45, 2.75) is 87.8 Å². The maximum atomic E-state index is 12.7. The van der Waals surface area contributed by atoms with E-state index >= 15 is 0 Å². The lowest BCUT2D eigenvalue weighted by Gasteiger charge is -2.17. The lowest BCUT2D eigenvalue weighted by Crippen LogP contribution is -2.18. The Morgan fingerprint density at radius 1 is 0.292 bits per heavy atom. The minimum Gasteiger partial charge on any atom is -0.207 e. The van der Waals surface area contributed by atoms with E-state index in [1.54, 1.807) is 25.1 Å². The lowest BCUT2D eigenvalue weighted by atomic mass is 10.0. The van der Waals surface area contributed by atoms with E-state index in [1.165, 1.54) is 41.8 Å². The Labute approximate surface area is 586 Å². The molecule has 0 aromatic heterocycles. The summed E-state index contributed by atoms with van der Waals surface area (Å²) in [6, 6.07) is 21.9. The Bertz CT molecular complexity index is 3140. The summed E-state index contributed by atoms with van der Waals surface area (Å²) in [5.74, 6) is -4.71. The highest BCUT2D eigenvalue weighted by Gasteiger charge is 2.44. The number of aryl methyl sites for hydroxylation is 9. The minimum atomic E-state index is -5.08. The molecule has 0 heterocycles. The van der Waals surface area contributed by atoms with E-state index in [4.69, 9.17) is 128 Å². The molecule has 0 unspecified atom stereocenters. The van der Waals surface area contributed by atoms with Gasteiger partial charge in [0.2, 0.25) is 0 Å². The number of hydrogen-bond acceptors (Lipinski definition) is 0. The summed E-state index contributed by atoms with van der Waals surface area (Å²) >= 11 is 72.1. The molecule has 0 aliphatic rings. The molecule has 486 valence electrons. The molecule has 0 bridgehead atoms. The average molecular weight is 1670 g/mol. The fourth-order valence-electron chi connectivity index (χ4n) is 6.81. The molecule has 0 fully saturated rings. The summed E-state index contributed by atoms with van der Waals surface area (Å²) in [5, 5.41) is 5.00. The second-order valence-electron chi connectivity index (χ2n) is 18.5. The second kappa shape index (κ2) is 37.5. The minimum absolute atomic E-state index is 0.0741. The molecule has 0 spiro atoms. The van der Waals surface area contributed by atoms with Gasteiger partial charge in [-0.05, 0) is 264 Å². The standard InChI is InChI=1S/C9H5ClF6.C9H11Cl.C8H5F5.C7H5Br2Cl.C7H5BrCl2.C7H5Cl3.C7H5Cl2F.C7H5ClF2/c1-4-2-5(10)3-6(8(11,12)13)7(4)9(14,15)16;1-6-4-9(10)5-7(2)8(6)3;1-4-2-5(9)3-6(10)7(4)8(11,12)13;1-4-2-5(10)3-6(8)7(4)9;1-4-2-5(9)3-6(10)7(4)8;3*1-4-2-5(8)3-6(9)7(4)10/h2-3H,1H3;4-5H,1-3H3;2-3H,1H3;5*2-3H,1H3. The zero-order valence-electron chi connectivity index (χ0n) is 47.3. The van der Waals surface area contributed by atoms with Crippen molar-refractivity contribution in [3.63, 3.8) is 0 Å². The van der Waals surface area contributed by atoms with E-state index in [-0.39, 0.29) is 32.8 Å². The molecule has 0 nitrogen and oxygen atoms in total. The zero-order chi connectivity index (χ0) is 69.3. The summed E-state index contributed by atoms with van der Waals surface area (Å²) in [4.78, 5) is 0. The highest BCUT2D eigenvalue weighted by Crippen LogP contribution is 2.43. The van der Waals surface area contributed by atoms with Crippen molar-refractivity contribution in [3.05, 3.63) is 267 Å². The van der Waals surface area contributed by atoms with Gasteiger partial charge in [-0.15, -0.1) is 0 Å². The fraction of sp³-hybridized carbons (Fsp3) is 0.213. The van der Waals surface area contributed by atoms with Crippen molar-refractivity contribution in [2.75, 3.05) is 0 Å². The highest BCUT2D eigenvalue weighted by atomic mass is 79.9. The predicted molar refractivity (Wildman–Crippen MR) is 352 cm³/mol. The van der Waals surface area contributed by atoms with Crippen LogP contribution in [0, 0.1) is 98.3 Å². The number of halogens is 28. The van der Waals surface area contributed by atoms with E-state index in [9.17, 15) is 61.5 Å². The number of hydrogen-bond donors (Lipinski definition) is 0. The van der Waals surface area contributed by atoms with Crippen molar-refractivity contribution >= 4 is 175 Å². The maximum absolute atomic E-state index is 12.7. The molecule has 28 heteroatoms. The molecule has 0 amide bonds. The lowest BCUT2D eigenvalue weighted by molar-refractivity contribution is -0.162. The van der Waals surface area contributed by atoms with Gasteiger partial charge in [0.1, 0.15) is 17.5 Å². The van der Waals surface area contributed by atoms with Crippen LogP contribution in [-0.4, -0.2) is 0 Å². The first kappa shape index (κ1) is 84.4. The van der Waals surface area contributed by atoms with Crippen LogP contribution in [0.4, 0.5) is 61.5 Å². The Morgan fingerprint density at radius 3 is 1.04 bits per heavy atom. The van der Waals surface area contributed by atoms with Crippen LogP contribution in [0.15, 0.2) is 110 Å². The quantitative estimate of drug-likeness (QED) is 0.105. The number of rotatable bonds is 0. The number of alkyl halides is 9. The van der Waals surface area contributed by atoms with Crippen LogP contribution in [0.5, 0.6) is 0 Å². The summed E-state index contributed by atoms with van der Waals surface area (Å²) in [7, 11) is 0. The third-order valence-electron chi connectivity index (χ3n) is 11.2. The summed E-state index contributed by atoms with van der Waals surface area (Å²) in [6.45, 7) is 17.1. The van der Waals surface area contributed by atoms with Crippen molar-refractivity contribution < 1.29 is 61.5 Å². The first-order valence-electron chi connectivity index (χ1n) is 24.3. The van der Waals surface area contributed by atoms with Crippen LogP contribution in [0.1, 0.15) is 72.3 Å². The molecule has 0 saturated carbocycles. The van der Waals surface area contributed by atoms with Crippen LogP contribution in [0.3, 0.4) is 0 Å². The molecular formula is C61H46Br3Cl11F14. The van der Waals surface area contributed by atoms with Gasteiger partial charge in [-0.2, -0.15) is 39.5 Å². The first-order chi connectivity index (χ1) is 40.5. The van der Waals surface area contributed by atoms with Crippen LogP contribution < -0.4 is 0 Å². The third kappa shape index (κ3) is 28.9. The summed E-state index contributed by atoms with van der Waals surface area (Å²) < 4.78 is 176. The van der Waals surface area contributed by atoms with Gasteiger partial charge in [-0.1, -0.05) is 128 Å². The van der Waals surface area contributed by atoms with E-state index in [0.29, 0.717) is 41.8 Å². The van der Waals surface area contributed by atoms with Crippen LogP contribution in [0.25, 0.3) is 0 Å². The van der Waals surface area contributed by atoms with E-state index in [1.807, 2.05) is 51.1 Å². The highest BCUT2D eigenvalue weighted by molar-refractivity contribution is 9.13. The number of benzene rings is 8. The van der Waals surface area contributed by atoms with Gasteiger partial charge in [0.15, 0.2) is 11.6 Å². The van der Waals surface area contributed by atoms with Crippen molar-refractivity contribution in [2.24, 2.45) is 0 Å². The van der Waals surface area contributed by atoms with Gasteiger partial charge in [0.05, 0.1) is 36.8 Å². The van der Waals surface area contributed by atoms with Gasteiger partial charge in [-0.25, -0.2) is 22.0 Å². The summed E-state index contributed by atoms with van der Waals surface area (Å²) in [5.41, 5.74) is 1.80. The molecule has 0 N–H and O–H groups in total. The van der Waals surface area contributed by atoms with Crippen molar-refractivity contribution in [1.29, 1.82) is 0 Å². The van der Waals surface area contributed by atoms with Crippen molar-refractivity contribution in [3.8, 4) is 0 Å². The monoisotopic (exact) mass is 1670 g/mol. The normalized spacial score (nSPS) is 10.8. The SMILES string of the molecule is Cc1cc(Cl)cc(Br)c1Br.Cc1cc(Cl)cc(C(F)(F)F)c1C(F)(F)F.Cc1cc(Cl)cc(C)c1C.Cc1cc(Cl)cc(Cl)c1Br.Cc1cc(Cl)cc(Cl)c1Cl.Cc1cc(Cl)cc(Cl)c1F.Cc1cc(Cl)cc(F)c1F.Cc1cc(F)cc(F)c1C(F)(F)F. The van der Waals surface area contributed by atoms with E-state index < -0.39 is 75.4 Å². The summed E-state index contributed by atoms with van der Waals surface area (Å²) in [6.07, 6.45) is -14.9. The van der Waals surface area contributed by atoms with E-state index in [2.05, 4.69) is 68.6 Å². The smallest absolute Gasteiger partial charge is 0.207 e. The predicted octanol–water partition coefficient (Wildman–Crippen LogP) is 29.8. The van der Waals surface area contributed by atoms with Gasteiger partial charge in [0, 0.05) is 54.6 Å². The Hall–Kier alpha value is -2.59. The first-order valence-corrected chi connectivity index (χ1v) is 30.8. The van der Waals surface area contributed by atoms with Crippen LogP contribution in [0.2, 0.25) is 55.2 Å². The molecule has 0 saturated heterocycles. The van der Waals surface area contributed by atoms with Gasteiger partial charge in [-0.3, -0.25) is 0 Å². The average Bonchev–Trinajstić information content (AvgIpc) is 1.21. The molecule has 8 aromatic carbocycles. The molecule has 8 aromatic rings. The van der Waals surface area contributed by atoms with Gasteiger partial charge >= 0.3 is 18.5 Å². The Balaban J connectivity index is 0.000000512. The third-order valence-corrected chi connectivity index (χ3v) is 17.7. The molecular weight excluding hydrogens is 1630 g/mol. The Kier molecular flexibility index (Phi) is 35.6. The van der Waals surface area contributed by atoms with Crippen LogP contribution in [-0.2, 0) is 18.5 Å².